The Balaban J connectivity index is 0.00000131. The van der Waals surface area contributed by atoms with Crippen LogP contribution < -0.4 is 43.1 Å². The summed E-state index contributed by atoms with van der Waals surface area (Å²) >= 11 is 0. The topological polar surface area (TPSA) is 17.6 Å². The molecule has 0 bridgehead atoms. The standard InChI is InChI=1S/C21H22N4.2BrH/c1-18-3-7-20(8-4-18)24-13-11-22(16-24)15-23-12-14-25(17-23)21-9-5-19(2)6-10-21;;/h3-14,16-17H,15H2,1-2H3;2*1H/q+2;;/p-2. The van der Waals surface area contributed by atoms with E-state index in [0.29, 0.717) is 0 Å². The second-order valence-electron chi connectivity index (χ2n) is 6.48. The van der Waals surface area contributed by atoms with Gasteiger partial charge in [-0.15, -0.1) is 0 Å². The fraction of sp³-hybridized carbons (Fsp3) is 0.143. The Morgan fingerprint density at radius 1 is 0.630 bits per heavy atom. The number of rotatable bonds is 4. The number of nitrogens with zero attached hydrogens (tertiary/aromatic N) is 4. The maximum atomic E-state index is 2.17. The third-order valence-electron chi connectivity index (χ3n) is 4.37. The first-order valence-corrected chi connectivity index (χ1v) is 8.45. The molecule has 0 atom stereocenters. The summed E-state index contributed by atoms with van der Waals surface area (Å²) in [5.74, 6) is 0. The van der Waals surface area contributed by atoms with Crippen LogP contribution in [0.15, 0.2) is 86.0 Å². The molecule has 0 unspecified atom stereocenters. The van der Waals surface area contributed by atoms with Crippen molar-refractivity contribution in [1.82, 2.24) is 9.13 Å². The van der Waals surface area contributed by atoms with Gasteiger partial charge in [0, 0.05) is 0 Å². The molecule has 0 spiro atoms. The minimum absolute atomic E-state index is 0. The summed E-state index contributed by atoms with van der Waals surface area (Å²) in [6.07, 6.45) is 12.6. The van der Waals surface area contributed by atoms with E-state index >= 15 is 0 Å². The molecule has 4 nitrogen and oxygen atoms in total. The molecule has 0 saturated carbocycles. The van der Waals surface area contributed by atoms with E-state index in [9.17, 15) is 0 Å². The van der Waals surface area contributed by atoms with Gasteiger partial charge < -0.3 is 34.0 Å². The average molecular weight is 490 g/mol. The fourth-order valence-electron chi connectivity index (χ4n) is 2.88. The molecule has 0 saturated heterocycles. The zero-order valence-electron chi connectivity index (χ0n) is 15.3. The Morgan fingerprint density at radius 2 is 1.00 bits per heavy atom. The smallest absolute Gasteiger partial charge is 0.252 e. The quantitative estimate of drug-likeness (QED) is 0.271. The molecular weight excluding hydrogens is 468 g/mol. The van der Waals surface area contributed by atoms with E-state index in [2.05, 4.69) is 118 Å². The van der Waals surface area contributed by atoms with E-state index in [0.717, 1.165) is 6.67 Å². The van der Waals surface area contributed by atoms with Crippen LogP contribution in [0.5, 0.6) is 0 Å². The molecule has 0 fully saturated rings. The lowest BCUT2D eigenvalue weighted by Crippen LogP contribution is -3.00. The largest absolute Gasteiger partial charge is 1.00 e. The molecule has 0 aliphatic rings. The fourth-order valence-corrected chi connectivity index (χ4v) is 2.88. The van der Waals surface area contributed by atoms with Crippen LogP contribution in [0.2, 0.25) is 0 Å². The minimum Gasteiger partial charge on any atom is -1.00 e. The second kappa shape index (κ2) is 9.15. The van der Waals surface area contributed by atoms with Crippen molar-refractivity contribution in [1.29, 1.82) is 0 Å². The molecule has 0 aliphatic heterocycles. The summed E-state index contributed by atoms with van der Waals surface area (Å²) in [5, 5.41) is 0. The monoisotopic (exact) mass is 488 g/mol. The third-order valence-corrected chi connectivity index (χ3v) is 4.37. The summed E-state index contributed by atoms with van der Waals surface area (Å²) in [6.45, 7) is 4.99. The van der Waals surface area contributed by atoms with Crippen molar-refractivity contribution in [3.8, 4) is 11.4 Å². The minimum atomic E-state index is 0. The van der Waals surface area contributed by atoms with Crippen molar-refractivity contribution in [2.24, 2.45) is 0 Å². The van der Waals surface area contributed by atoms with Crippen LogP contribution in [0.25, 0.3) is 11.4 Å². The zero-order valence-corrected chi connectivity index (χ0v) is 18.5. The first-order chi connectivity index (χ1) is 12.2. The number of benzene rings is 2. The lowest BCUT2D eigenvalue weighted by atomic mass is 10.2. The van der Waals surface area contributed by atoms with Gasteiger partial charge in [-0.1, -0.05) is 35.4 Å². The maximum absolute atomic E-state index is 2.17. The molecule has 0 amide bonds. The van der Waals surface area contributed by atoms with Gasteiger partial charge in [0.2, 0.25) is 6.67 Å². The van der Waals surface area contributed by atoms with Crippen LogP contribution in [0.1, 0.15) is 11.1 Å². The van der Waals surface area contributed by atoms with Gasteiger partial charge in [0.05, 0.1) is 0 Å². The molecule has 140 valence electrons. The zero-order chi connectivity index (χ0) is 17.2. The van der Waals surface area contributed by atoms with E-state index in [1.54, 1.807) is 0 Å². The van der Waals surface area contributed by atoms with Gasteiger partial charge in [-0.2, -0.15) is 9.13 Å². The molecule has 0 N–H and O–H groups in total. The van der Waals surface area contributed by atoms with Crippen LogP contribution in [-0.4, -0.2) is 9.13 Å². The van der Waals surface area contributed by atoms with Crippen LogP contribution in [0, 0.1) is 13.8 Å². The number of imidazole rings is 2. The lowest BCUT2D eigenvalue weighted by molar-refractivity contribution is -0.912. The third kappa shape index (κ3) is 4.96. The van der Waals surface area contributed by atoms with Gasteiger partial charge in [-0.05, 0) is 38.1 Å². The summed E-state index contributed by atoms with van der Waals surface area (Å²) in [7, 11) is 0. The molecule has 27 heavy (non-hydrogen) atoms. The molecule has 2 aromatic heterocycles. The highest BCUT2D eigenvalue weighted by molar-refractivity contribution is 5.34. The van der Waals surface area contributed by atoms with Crippen LogP contribution in [-0.2, 0) is 6.67 Å². The summed E-state index contributed by atoms with van der Waals surface area (Å²) in [5.41, 5.74) is 4.90. The van der Waals surface area contributed by atoms with E-state index < -0.39 is 0 Å². The SMILES string of the molecule is Cc1ccc(-n2cc[n+](C[n+]3ccn(-c4ccc(C)cc4)c3)c2)cc1.[Br-].[Br-]. The summed E-state index contributed by atoms with van der Waals surface area (Å²) in [4.78, 5) is 0. The molecule has 0 radical (unpaired) electrons. The average Bonchev–Trinajstić information content (AvgIpc) is 3.27. The summed E-state index contributed by atoms with van der Waals surface area (Å²) in [6, 6.07) is 17.1. The first kappa shape index (κ1) is 21.1. The van der Waals surface area contributed by atoms with Gasteiger partial charge in [0.15, 0.2) is 0 Å². The molecular formula is C21H22Br2N4. The molecule has 4 rings (SSSR count). The van der Waals surface area contributed by atoms with Crippen molar-refractivity contribution in [3.05, 3.63) is 97.1 Å². The normalized spacial score (nSPS) is 10.1. The molecule has 2 heterocycles. The van der Waals surface area contributed by atoms with Gasteiger partial charge in [-0.25, -0.2) is 9.13 Å². The van der Waals surface area contributed by atoms with Crippen molar-refractivity contribution >= 4 is 0 Å². The Morgan fingerprint density at radius 3 is 1.37 bits per heavy atom. The maximum Gasteiger partial charge on any atom is 0.252 e. The number of halogens is 2. The van der Waals surface area contributed by atoms with Gasteiger partial charge in [0.1, 0.15) is 36.2 Å². The van der Waals surface area contributed by atoms with Crippen LogP contribution in [0.3, 0.4) is 0 Å². The van der Waals surface area contributed by atoms with Crippen molar-refractivity contribution in [2.75, 3.05) is 0 Å². The number of aryl methyl sites for hydroxylation is 2. The van der Waals surface area contributed by atoms with E-state index in [1.165, 1.54) is 22.5 Å². The highest BCUT2D eigenvalue weighted by Gasteiger charge is 2.11. The molecule has 4 aromatic rings. The van der Waals surface area contributed by atoms with E-state index in [1.807, 2.05) is 0 Å². The Labute approximate surface area is 180 Å². The predicted molar refractivity (Wildman–Crippen MR) is 96.8 cm³/mol. The number of hydrogen-bond acceptors (Lipinski definition) is 0. The Bertz CT molecular complexity index is 904. The van der Waals surface area contributed by atoms with Gasteiger partial charge >= 0.3 is 0 Å². The highest BCUT2D eigenvalue weighted by Crippen LogP contribution is 2.08. The lowest BCUT2D eigenvalue weighted by Gasteiger charge is -1.97. The van der Waals surface area contributed by atoms with Crippen molar-refractivity contribution < 1.29 is 43.1 Å². The van der Waals surface area contributed by atoms with Crippen LogP contribution in [0.4, 0.5) is 0 Å². The highest BCUT2D eigenvalue weighted by atomic mass is 79.9. The van der Waals surface area contributed by atoms with Crippen molar-refractivity contribution in [3.63, 3.8) is 0 Å². The van der Waals surface area contributed by atoms with Gasteiger partial charge in [-0.3, -0.25) is 0 Å². The van der Waals surface area contributed by atoms with Crippen LogP contribution >= 0.6 is 0 Å². The molecule has 2 aromatic carbocycles. The van der Waals surface area contributed by atoms with E-state index in [-0.39, 0.29) is 34.0 Å². The molecule has 6 heteroatoms. The first-order valence-electron chi connectivity index (χ1n) is 8.45. The second-order valence-corrected chi connectivity index (χ2v) is 6.48. The predicted octanol–water partition coefficient (Wildman–Crippen LogP) is -3.03. The number of aromatic nitrogens is 4. The number of hydrogen-bond donors (Lipinski definition) is 0. The Hall–Kier alpha value is -2.18. The Kier molecular flexibility index (Phi) is 7.16. The van der Waals surface area contributed by atoms with Crippen molar-refractivity contribution in [2.45, 2.75) is 20.5 Å². The summed E-state index contributed by atoms with van der Waals surface area (Å²) < 4.78 is 8.60. The molecule has 0 aliphatic carbocycles. The van der Waals surface area contributed by atoms with E-state index in [4.69, 9.17) is 0 Å². The van der Waals surface area contributed by atoms with Gasteiger partial charge in [0.25, 0.3) is 12.7 Å².